The van der Waals surface area contributed by atoms with E-state index in [4.69, 9.17) is 17.4 Å². The molecule has 0 aliphatic rings. The number of hydrogen-bond acceptors (Lipinski definition) is 2. The predicted molar refractivity (Wildman–Crippen MR) is 70.3 cm³/mol. The molecule has 0 aliphatic heterocycles. The van der Waals surface area contributed by atoms with Crippen molar-refractivity contribution in [3.63, 3.8) is 0 Å². The molecule has 0 bridgehead atoms. The Hall–Kier alpha value is -0.640. The van der Waals surface area contributed by atoms with E-state index in [1.807, 2.05) is 0 Å². The zero-order valence-electron chi connectivity index (χ0n) is 10.3. The van der Waals surface area contributed by atoms with E-state index in [1.165, 1.54) is 6.07 Å². The van der Waals surface area contributed by atoms with Gasteiger partial charge in [0.15, 0.2) is 0 Å². The van der Waals surface area contributed by atoms with Gasteiger partial charge in [-0.15, -0.1) is 0 Å². The fourth-order valence-corrected chi connectivity index (χ4v) is 2.30. The van der Waals surface area contributed by atoms with Crippen molar-refractivity contribution >= 4 is 11.6 Å². The first-order chi connectivity index (χ1) is 8.12. The lowest BCUT2D eigenvalue weighted by atomic mass is 9.90. The molecule has 0 fully saturated rings. The summed E-state index contributed by atoms with van der Waals surface area (Å²) in [6.07, 6.45) is 2.65. The van der Waals surface area contributed by atoms with Crippen LogP contribution in [0.3, 0.4) is 0 Å². The van der Waals surface area contributed by atoms with Gasteiger partial charge in [-0.3, -0.25) is 11.3 Å². The molecule has 1 aromatic rings. The summed E-state index contributed by atoms with van der Waals surface area (Å²) >= 11 is 5.72. The van der Waals surface area contributed by atoms with Crippen LogP contribution in [-0.2, 0) is 6.42 Å². The summed E-state index contributed by atoms with van der Waals surface area (Å²) in [4.78, 5) is 0. The summed E-state index contributed by atoms with van der Waals surface area (Å²) < 4.78 is 13.7. The fraction of sp³-hybridized carbons (Fsp3) is 0.538. The summed E-state index contributed by atoms with van der Waals surface area (Å²) in [6, 6.07) is 4.88. The predicted octanol–water partition coefficient (Wildman–Crippen LogP) is 3.29. The van der Waals surface area contributed by atoms with Gasteiger partial charge in [-0.05, 0) is 30.0 Å². The Labute approximate surface area is 107 Å². The van der Waals surface area contributed by atoms with E-state index >= 15 is 0 Å². The molecule has 0 spiro atoms. The third kappa shape index (κ3) is 3.95. The van der Waals surface area contributed by atoms with E-state index in [0.717, 1.165) is 12.8 Å². The highest BCUT2D eigenvalue weighted by Crippen LogP contribution is 2.20. The van der Waals surface area contributed by atoms with Crippen molar-refractivity contribution in [2.24, 2.45) is 11.8 Å². The van der Waals surface area contributed by atoms with Crippen LogP contribution in [-0.4, -0.2) is 6.04 Å². The summed E-state index contributed by atoms with van der Waals surface area (Å²) in [5.41, 5.74) is 3.45. The van der Waals surface area contributed by atoms with E-state index in [0.29, 0.717) is 22.9 Å². The van der Waals surface area contributed by atoms with Crippen LogP contribution in [0.5, 0.6) is 0 Å². The lowest BCUT2D eigenvalue weighted by Gasteiger charge is -2.24. The molecule has 1 aromatic carbocycles. The van der Waals surface area contributed by atoms with Crippen LogP contribution in [0.1, 0.15) is 32.3 Å². The van der Waals surface area contributed by atoms with E-state index < -0.39 is 0 Å². The van der Waals surface area contributed by atoms with E-state index in [2.05, 4.69) is 19.3 Å². The molecular weight excluding hydrogens is 239 g/mol. The molecule has 4 heteroatoms. The highest BCUT2D eigenvalue weighted by atomic mass is 35.5. The average Bonchev–Trinajstić information content (AvgIpc) is 2.32. The lowest BCUT2D eigenvalue weighted by molar-refractivity contribution is 0.333. The van der Waals surface area contributed by atoms with Crippen molar-refractivity contribution in [1.29, 1.82) is 0 Å². The lowest BCUT2D eigenvalue weighted by Crippen LogP contribution is -2.42. The van der Waals surface area contributed by atoms with E-state index in [9.17, 15) is 4.39 Å². The molecule has 0 saturated carbocycles. The van der Waals surface area contributed by atoms with Gasteiger partial charge in [-0.1, -0.05) is 44.4 Å². The summed E-state index contributed by atoms with van der Waals surface area (Å²) in [6.45, 7) is 4.24. The van der Waals surface area contributed by atoms with Crippen molar-refractivity contribution in [1.82, 2.24) is 5.43 Å². The van der Waals surface area contributed by atoms with Crippen molar-refractivity contribution in [2.45, 2.75) is 39.2 Å². The first-order valence-corrected chi connectivity index (χ1v) is 6.40. The number of halogens is 2. The molecule has 1 rings (SSSR count). The average molecular weight is 259 g/mol. The third-order valence-corrected chi connectivity index (χ3v) is 3.52. The van der Waals surface area contributed by atoms with Gasteiger partial charge in [-0.2, -0.15) is 0 Å². The number of nitrogens with one attached hydrogen (secondary N) is 1. The van der Waals surface area contributed by atoms with Gasteiger partial charge in [0.25, 0.3) is 0 Å². The molecule has 2 nitrogen and oxygen atoms in total. The van der Waals surface area contributed by atoms with Crippen LogP contribution in [0.25, 0.3) is 0 Å². The van der Waals surface area contributed by atoms with Gasteiger partial charge in [0.05, 0.1) is 0 Å². The summed E-state index contributed by atoms with van der Waals surface area (Å²) in [5.74, 6) is 5.75. The second kappa shape index (κ2) is 6.94. The second-order valence-electron chi connectivity index (χ2n) is 4.29. The van der Waals surface area contributed by atoms with Crippen molar-refractivity contribution in [2.75, 3.05) is 0 Å². The molecular formula is C13H20ClFN2. The molecule has 96 valence electrons. The van der Waals surface area contributed by atoms with Crippen LogP contribution in [0, 0.1) is 11.7 Å². The highest BCUT2D eigenvalue weighted by molar-refractivity contribution is 6.30. The van der Waals surface area contributed by atoms with Gasteiger partial charge in [0.1, 0.15) is 5.82 Å². The molecule has 0 heterocycles. The number of hydrazine groups is 1. The molecule has 3 N–H and O–H groups in total. The first-order valence-electron chi connectivity index (χ1n) is 6.02. The minimum absolute atomic E-state index is 0.0978. The van der Waals surface area contributed by atoms with Crippen LogP contribution in [0.15, 0.2) is 18.2 Å². The quantitative estimate of drug-likeness (QED) is 0.607. The standard InChI is InChI=1S/C13H20ClFN2/c1-3-9(4-2)13(17-16)7-10-5-6-11(14)8-12(10)15/h5-6,8-9,13,17H,3-4,7,16H2,1-2H3. The van der Waals surface area contributed by atoms with Crippen molar-refractivity contribution in [3.05, 3.63) is 34.6 Å². The molecule has 0 aliphatic carbocycles. The number of nitrogens with two attached hydrogens (primary N) is 1. The smallest absolute Gasteiger partial charge is 0.127 e. The molecule has 0 amide bonds. The zero-order valence-corrected chi connectivity index (χ0v) is 11.1. The van der Waals surface area contributed by atoms with Gasteiger partial charge in [-0.25, -0.2) is 4.39 Å². The fourth-order valence-electron chi connectivity index (χ4n) is 2.14. The second-order valence-corrected chi connectivity index (χ2v) is 4.73. The maximum atomic E-state index is 13.7. The van der Waals surface area contributed by atoms with E-state index in [-0.39, 0.29) is 11.9 Å². The summed E-state index contributed by atoms with van der Waals surface area (Å²) in [7, 11) is 0. The Morgan fingerprint density at radius 3 is 2.47 bits per heavy atom. The Kier molecular flexibility index (Phi) is 5.89. The van der Waals surface area contributed by atoms with Crippen LogP contribution < -0.4 is 11.3 Å². The highest BCUT2D eigenvalue weighted by Gasteiger charge is 2.19. The molecule has 0 saturated heterocycles. The maximum Gasteiger partial charge on any atom is 0.127 e. The minimum Gasteiger partial charge on any atom is -0.271 e. The van der Waals surface area contributed by atoms with Crippen molar-refractivity contribution < 1.29 is 4.39 Å². The Morgan fingerprint density at radius 2 is 2.00 bits per heavy atom. The molecule has 0 aromatic heterocycles. The monoisotopic (exact) mass is 258 g/mol. The van der Waals surface area contributed by atoms with Crippen molar-refractivity contribution in [3.8, 4) is 0 Å². The van der Waals surface area contributed by atoms with Crippen LogP contribution in [0.2, 0.25) is 5.02 Å². The molecule has 17 heavy (non-hydrogen) atoms. The van der Waals surface area contributed by atoms with Gasteiger partial charge < -0.3 is 0 Å². The Bertz CT molecular complexity index is 353. The van der Waals surface area contributed by atoms with E-state index in [1.54, 1.807) is 12.1 Å². The SMILES string of the molecule is CCC(CC)C(Cc1ccc(Cl)cc1F)NN. The van der Waals surface area contributed by atoms with Gasteiger partial charge >= 0.3 is 0 Å². The number of rotatable bonds is 6. The third-order valence-electron chi connectivity index (χ3n) is 3.29. The largest absolute Gasteiger partial charge is 0.271 e. The number of benzene rings is 1. The van der Waals surface area contributed by atoms with Crippen LogP contribution >= 0.6 is 11.6 Å². The first kappa shape index (κ1) is 14.4. The topological polar surface area (TPSA) is 38.0 Å². The normalized spacial score (nSPS) is 13.1. The number of hydrogen-bond donors (Lipinski definition) is 2. The Morgan fingerprint density at radius 1 is 1.35 bits per heavy atom. The maximum absolute atomic E-state index is 13.7. The van der Waals surface area contributed by atoms with Crippen LogP contribution in [0.4, 0.5) is 4.39 Å². The van der Waals surface area contributed by atoms with Gasteiger partial charge in [0, 0.05) is 11.1 Å². The molecule has 1 unspecified atom stereocenters. The molecule has 0 radical (unpaired) electrons. The summed E-state index contributed by atoms with van der Waals surface area (Å²) in [5, 5.41) is 0.422. The zero-order chi connectivity index (χ0) is 12.8. The Balaban J connectivity index is 2.80. The molecule has 1 atom stereocenters. The minimum atomic E-state index is -0.260. The van der Waals surface area contributed by atoms with Gasteiger partial charge in [0.2, 0.25) is 0 Å².